The number of anilines is 1. The third-order valence-electron chi connectivity index (χ3n) is 6.03. The lowest BCUT2D eigenvalue weighted by Crippen LogP contribution is -2.37. The third-order valence-corrected chi connectivity index (χ3v) is 6.62. The van der Waals surface area contributed by atoms with Gasteiger partial charge in [0.05, 0.1) is 26.2 Å². The molecule has 0 aromatic heterocycles. The highest BCUT2D eigenvalue weighted by molar-refractivity contribution is 7.92. The molecule has 3 aromatic rings. The molecule has 9 nitrogen and oxygen atoms in total. The van der Waals surface area contributed by atoms with Gasteiger partial charge >= 0.3 is 0 Å². The van der Waals surface area contributed by atoms with Crippen molar-refractivity contribution in [2.75, 3.05) is 38.3 Å². The molecule has 0 fully saturated rings. The molecule has 0 spiro atoms. The Hall–Kier alpha value is -3.18. The van der Waals surface area contributed by atoms with Crippen molar-refractivity contribution in [3.8, 4) is 23.0 Å². The van der Waals surface area contributed by atoms with Crippen molar-refractivity contribution in [3.05, 3.63) is 77.9 Å². The number of methoxy groups -OCH3 is 2. The van der Waals surface area contributed by atoms with Crippen LogP contribution in [0.5, 0.6) is 23.0 Å². The normalized spacial score (nSPS) is 12.8. The lowest BCUT2D eigenvalue weighted by molar-refractivity contribution is 0.103. The van der Waals surface area contributed by atoms with E-state index in [4.69, 9.17) is 14.2 Å². The van der Waals surface area contributed by atoms with Crippen LogP contribution in [0.3, 0.4) is 0 Å². The van der Waals surface area contributed by atoms with Crippen molar-refractivity contribution in [2.24, 2.45) is 0 Å². The van der Waals surface area contributed by atoms with Crippen LogP contribution in [0.2, 0.25) is 0 Å². The molecule has 39 heavy (non-hydrogen) atoms. The van der Waals surface area contributed by atoms with E-state index in [-0.39, 0.29) is 42.4 Å². The Labute approximate surface area is 236 Å². The lowest BCUT2D eigenvalue weighted by Gasteiger charge is -2.24. The first-order valence-corrected chi connectivity index (χ1v) is 14.1. The number of hydrogen-bond acceptors (Lipinski definition) is 8. The number of aliphatic hydroxyl groups excluding tert-OH is 1. The summed E-state index contributed by atoms with van der Waals surface area (Å²) in [5.41, 5.74) is 2.31. The molecule has 3 rings (SSSR count). The predicted molar refractivity (Wildman–Crippen MR) is 155 cm³/mol. The minimum absolute atomic E-state index is 0. The summed E-state index contributed by atoms with van der Waals surface area (Å²) in [5.74, 6) is 1.80. The molecular weight excluding hydrogens is 544 g/mol. The summed E-state index contributed by atoms with van der Waals surface area (Å²) in [5, 5.41) is 23.7. The first-order chi connectivity index (χ1) is 18.1. The molecule has 0 saturated carbocycles. The maximum absolute atomic E-state index is 11.5. The summed E-state index contributed by atoms with van der Waals surface area (Å²) in [7, 11) is -0.275. The molecule has 0 radical (unpaired) electrons. The molecule has 3 aromatic carbocycles. The second-order valence-electron chi connectivity index (χ2n) is 9.16. The first-order valence-electron chi connectivity index (χ1n) is 12.2. The number of benzene rings is 3. The zero-order chi connectivity index (χ0) is 27.7. The summed E-state index contributed by atoms with van der Waals surface area (Å²) < 4.78 is 41.4. The molecule has 0 bridgehead atoms. The Bertz CT molecular complexity index is 1220. The molecule has 0 heterocycles. The monoisotopic (exact) mass is 580 g/mol. The van der Waals surface area contributed by atoms with Crippen LogP contribution < -0.4 is 24.2 Å². The Morgan fingerprint density at radius 1 is 0.872 bits per heavy atom. The van der Waals surface area contributed by atoms with Crippen molar-refractivity contribution in [3.63, 3.8) is 0 Å². The number of aliphatic hydroxyl groups is 1. The molecule has 0 aliphatic heterocycles. The van der Waals surface area contributed by atoms with Gasteiger partial charge in [-0.25, -0.2) is 8.42 Å². The smallest absolute Gasteiger partial charge is 0.229 e. The summed E-state index contributed by atoms with van der Waals surface area (Å²) in [6, 6.07) is 20.3. The van der Waals surface area contributed by atoms with E-state index in [0.717, 1.165) is 35.3 Å². The van der Waals surface area contributed by atoms with E-state index >= 15 is 0 Å². The number of hydrogen-bond donors (Lipinski definition) is 4. The van der Waals surface area contributed by atoms with E-state index in [1.807, 2.05) is 24.3 Å². The Kier molecular flexibility index (Phi) is 12.2. The van der Waals surface area contributed by atoms with E-state index in [2.05, 4.69) is 41.2 Å². The number of phenols is 1. The van der Waals surface area contributed by atoms with Crippen LogP contribution in [0.15, 0.2) is 66.7 Å². The van der Waals surface area contributed by atoms with Crippen molar-refractivity contribution in [1.82, 2.24) is 5.32 Å². The van der Waals surface area contributed by atoms with E-state index in [1.54, 1.807) is 14.2 Å². The molecule has 0 saturated heterocycles. The van der Waals surface area contributed by atoms with Crippen molar-refractivity contribution < 1.29 is 32.8 Å². The van der Waals surface area contributed by atoms with Gasteiger partial charge in [-0.15, -0.1) is 12.4 Å². The molecule has 4 N–H and O–H groups in total. The fraction of sp³-hybridized carbons (Fsp3) is 0.357. The number of aromatic hydroxyl groups is 1. The number of rotatable bonds is 14. The highest BCUT2D eigenvalue weighted by Crippen LogP contribution is 2.32. The second-order valence-corrected chi connectivity index (χ2v) is 10.9. The maximum Gasteiger partial charge on any atom is 0.229 e. The van der Waals surface area contributed by atoms with Gasteiger partial charge in [-0.1, -0.05) is 24.3 Å². The van der Waals surface area contributed by atoms with E-state index in [1.165, 1.54) is 18.2 Å². The zero-order valence-electron chi connectivity index (χ0n) is 22.5. The largest absolute Gasteiger partial charge is 0.506 e. The van der Waals surface area contributed by atoms with Crippen LogP contribution in [0.4, 0.5) is 5.69 Å². The maximum atomic E-state index is 11.5. The molecule has 0 aliphatic carbocycles. The van der Waals surface area contributed by atoms with Gasteiger partial charge in [0, 0.05) is 24.6 Å². The summed E-state index contributed by atoms with van der Waals surface area (Å²) in [6.07, 6.45) is 0.966. The van der Waals surface area contributed by atoms with Crippen LogP contribution in [-0.2, 0) is 10.0 Å². The van der Waals surface area contributed by atoms with Gasteiger partial charge in [-0.2, -0.15) is 0 Å². The number of sulfonamides is 1. The fourth-order valence-electron chi connectivity index (χ4n) is 4.05. The van der Waals surface area contributed by atoms with Crippen LogP contribution in [0.25, 0.3) is 0 Å². The number of ether oxygens (including phenoxy) is 3. The highest BCUT2D eigenvalue weighted by atomic mass is 35.5. The van der Waals surface area contributed by atoms with Crippen LogP contribution >= 0.6 is 12.4 Å². The van der Waals surface area contributed by atoms with Gasteiger partial charge < -0.3 is 29.7 Å². The van der Waals surface area contributed by atoms with Gasteiger partial charge in [0.1, 0.15) is 35.7 Å². The molecule has 0 aliphatic rings. The minimum Gasteiger partial charge on any atom is -0.506 e. The lowest BCUT2D eigenvalue weighted by atomic mass is 9.86. The first kappa shape index (κ1) is 32.0. The summed E-state index contributed by atoms with van der Waals surface area (Å²) in [6.45, 7) is 2.35. The SMILES string of the molecule is COc1ccc(C(C[C@@H](C)NC[C@@H](O)COc2ccc(O)c(NS(C)(=O)=O)c2)c2ccc(OC)cc2)cc1.Cl. The van der Waals surface area contributed by atoms with E-state index < -0.39 is 16.1 Å². The van der Waals surface area contributed by atoms with E-state index in [0.29, 0.717) is 12.3 Å². The Balaban J connectivity index is 0.00000533. The summed E-state index contributed by atoms with van der Waals surface area (Å²) >= 11 is 0. The quantitative estimate of drug-likeness (QED) is 0.210. The standard InChI is InChI=1S/C28H36N2O7S.ClH/c1-19(29-17-22(31)18-37-25-13-14-28(32)27(16-25)30-38(4,33)34)15-26(20-5-9-23(35-2)10-6-20)21-7-11-24(36-3)12-8-21;/h5-14,16,19,22,26,29-32H,15,17-18H2,1-4H3;1H/t19-,22-;/m1./s1. The van der Waals surface area contributed by atoms with Crippen LogP contribution in [0, 0.1) is 0 Å². The molecule has 0 unspecified atom stereocenters. The van der Waals surface area contributed by atoms with Gasteiger partial charge in [0.25, 0.3) is 0 Å². The number of halogens is 1. The molecular formula is C28H37ClN2O7S. The minimum atomic E-state index is -3.56. The topological polar surface area (TPSA) is 126 Å². The average molecular weight is 581 g/mol. The van der Waals surface area contributed by atoms with Crippen molar-refractivity contribution >= 4 is 28.1 Å². The van der Waals surface area contributed by atoms with Crippen LogP contribution in [-0.4, -0.2) is 64.4 Å². The van der Waals surface area contributed by atoms with Gasteiger partial charge in [0.2, 0.25) is 10.0 Å². The Morgan fingerprint density at radius 2 is 1.38 bits per heavy atom. The molecule has 214 valence electrons. The average Bonchev–Trinajstić information content (AvgIpc) is 2.90. The summed E-state index contributed by atoms with van der Waals surface area (Å²) in [4.78, 5) is 0. The predicted octanol–water partition coefficient (Wildman–Crippen LogP) is 4.14. The molecule has 0 amide bonds. The van der Waals surface area contributed by atoms with Crippen molar-refractivity contribution in [1.29, 1.82) is 0 Å². The number of phenolic OH excluding ortho intramolecular Hbond substituents is 1. The molecule has 11 heteroatoms. The highest BCUT2D eigenvalue weighted by Gasteiger charge is 2.19. The second kappa shape index (κ2) is 14.8. The molecule has 2 atom stereocenters. The van der Waals surface area contributed by atoms with Gasteiger partial charge in [-0.05, 0) is 60.9 Å². The number of nitrogens with one attached hydrogen (secondary N) is 2. The van der Waals surface area contributed by atoms with E-state index in [9.17, 15) is 18.6 Å². The zero-order valence-corrected chi connectivity index (χ0v) is 24.1. The van der Waals surface area contributed by atoms with Crippen LogP contribution in [0.1, 0.15) is 30.4 Å². The Morgan fingerprint density at radius 3 is 1.87 bits per heavy atom. The van der Waals surface area contributed by atoms with Gasteiger partial charge in [-0.3, -0.25) is 4.72 Å². The van der Waals surface area contributed by atoms with Gasteiger partial charge in [0.15, 0.2) is 0 Å². The fourth-order valence-corrected chi connectivity index (χ4v) is 4.61. The van der Waals surface area contributed by atoms with Crippen molar-refractivity contribution in [2.45, 2.75) is 31.4 Å². The third kappa shape index (κ3) is 10.1.